The maximum absolute atomic E-state index is 11.0. The lowest BCUT2D eigenvalue weighted by atomic mass is 10.1. The Morgan fingerprint density at radius 3 is 2.75 bits per heavy atom. The van der Waals surface area contributed by atoms with Gasteiger partial charge in [-0.25, -0.2) is 0 Å². The highest BCUT2D eigenvalue weighted by molar-refractivity contribution is 5.75. The molecule has 1 rings (SSSR count). The smallest absolute Gasteiger partial charge is 0.219 e. The number of carbonyl (C=O) groups excluding carboxylic acids is 1. The molecule has 0 saturated carbocycles. The molecule has 0 aliphatic carbocycles. The van der Waals surface area contributed by atoms with Crippen LogP contribution < -0.4 is 10.6 Å². The number of amides is 1. The lowest BCUT2D eigenvalue weighted by Crippen LogP contribution is -2.23. The third kappa shape index (κ3) is 4.40. The van der Waals surface area contributed by atoms with Crippen LogP contribution in [0.1, 0.15) is 31.4 Å². The number of pyridine rings is 1. The van der Waals surface area contributed by atoms with Gasteiger partial charge in [-0.15, -0.1) is 0 Å². The normalized spacial score (nSPS) is 12.1. The Hall–Kier alpha value is -1.42. The lowest BCUT2D eigenvalue weighted by molar-refractivity contribution is -0.120. The van der Waals surface area contributed by atoms with E-state index in [-0.39, 0.29) is 5.91 Å². The van der Waals surface area contributed by atoms with Gasteiger partial charge < -0.3 is 10.6 Å². The Balaban J connectivity index is 2.21. The molecule has 0 aliphatic heterocycles. The van der Waals surface area contributed by atoms with Gasteiger partial charge in [0.15, 0.2) is 0 Å². The molecule has 0 unspecified atom stereocenters. The van der Waals surface area contributed by atoms with Gasteiger partial charge >= 0.3 is 0 Å². The molecule has 0 aromatic carbocycles. The first-order valence-electron chi connectivity index (χ1n) is 5.58. The van der Waals surface area contributed by atoms with Gasteiger partial charge in [0.25, 0.3) is 0 Å². The van der Waals surface area contributed by atoms with Gasteiger partial charge in [0.1, 0.15) is 0 Å². The molecule has 2 N–H and O–H groups in total. The van der Waals surface area contributed by atoms with E-state index in [1.165, 1.54) is 5.56 Å². The zero-order chi connectivity index (χ0) is 11.8. The van der Waals surface area contributed by atoms with Gasteiger partial charge in [0.2, 0.25) is 5.91 Å². The second-order valence-corrected chi connectivity index (χ2v) is 3.73. The third-order valence-electron chi connectivity index (χ3n) is 2.52. The molecule has 88 valence electrons. The first kappa shape index (κ1) is 12.6. The molecule has 0 fully saturated rings. The minimum absolute atomic E-state index is 0.0957. The molecule has 4 heteroatoms. The molecule has 4 nitrogen and oxygen atoms in total. The van der Waals surface area contributed by atoms with Gasteiger partial charge in [-0.1, -0.05) is 0 Å². The van der Waals surface area contributed by atoms with Gasteiger partial charge in [-0.05, 0) is 37.6 Å². The summed E-state index contributed by atoms with van der Waals surface area (Å²) in [6, 6.07) is 4.29. The summed E-state index contributed by atoms with van der Waals surface area (Å²) in [6.45, 7) is 2.95. The molecule has 0 bridgehead atoms. The van der Waals surface area contributed by atoms with Crippen molar-refractivity contribution >= 4 is 5.91 Å². The summed E-state index contributed by atoms with van der Waals surface area (Å²) in [7, 11) is 1.66. The van der Waals surface area contributed by atoms with Crippen LogP contribution in [0, 0.1) is 0 Å². The molecule has 1 aromatic heterocycles. The minimum atomic E-state index is 0.0957. The number of hydrogen-bond acceptors (Lipinski definition) is 3. The number of nitrogens with zero attached hydrogens (tertiary/aromatic N) is 1. The predicted octanol–water partition coefficient (Wildman–Crippen LogP) is 1.26. The molecule has 1 atom stereocenters. The molecule has 0 radical (unpaired) electrons. The number of nitrogens with one attached hydrogen (secondary N) is 2. The molecule has 1 amide bonds. The van der Waals surface area contributed by atoms with Crippen molar-refractivity contribution in [2.45, 2.75) is 25.8 Å². The summed E-state index contributed by atoms with van der Waals surface area (Å²) < 4.78 is 0. The summed E-state index contributed by atoms with van der Waals surface area (Å²) in [5.74, 6) is 0.0957. The van der Waals surface area contributed by atoms with E-state index in [9.17, 15) is 4.79 Å². The first-order valence-corrected chi connectivity index (χ1v) is 5.58. The fourth-order valence-corrected chi connectivity index (χ4v) is 1.46. The summed E-state index contributed by atoms with van der Waals surface area (Å²) in [6.07, 6.45) is 5.01. The number of carbonyl (C=O) groups is 1. The molecule has 1 aromatic rings. The standard InChI is InChI=1S/C12H19N3O/c1-10(11-5-8-14-9-6-11)15-7-3-4-12(16)13-2/h5-6,8-10,15H,3-4,7H2,1-2H3,(H,13,16)/t10-/m1/s1. The Bertz CT molecular complexity index is 313. The highest BCUT2D eigenvalue weighted by Crippen LogP contribution is 2.09. The van der Waals surface area contributed by atoms with E-state index in [0.717, 1.165) is 13.0 Å². The zero-order valence-corrected chi connectivity index (χ0v) is 9.86. The van der Waals surface area contributed by atoms with Crippen LogP contribution in [0.4, 0.5) is 0 Å². The van der Waals surface area contributed by atoms with E-state index in [4.69, 9.17) is 0 Å². The van der Waals surface area contributed by atoms with Crippen molar-refractivity contribution in [2.75, 3.05) is 13.6 Å². The van der Waals surface area contributed by atoms with Crippen molar-refractivity contribution in [3.05, 3.63) is 30.1 Å². The molecule has 0 aliphatic rings. The van der Waals surface area contributed by atoms with Gasteiger partial charge in [-0.3, -0.25) is 9.78 Å². The van der Waals surface area contributed by atoms with Crippen LogP contribution in [-0.4, -0.2) is 24.5 Å². The van der Waals surface area contributed by atoms with Crippen LogP contribution in [0.15, 0.2) is 24.5 Å². The van der Waals surface area contributed by atoms with Crippen LogP contribution in [0.3, 0.4) is 0 Å². The highest BCUT2D eigenvalue weighted by Gasteiger charge is 2.03. The van der Waals surface area contributed by atoms with Crippen molar-refractivity contribution in [3.8, 4) is 0 Å². The summed E-state index contributed by atoms with van der Waals surface area (Å²) in [5.41, 5.74) is 1.22. The van der Waals surface area contributed by atoms with E-state index >= 15 is 0 Å². The van der Waals surface area contributed by atoms with Crippen LogP contribution >= 0.6 is 0 Å². The van der Waals surface area contributed by atoms with Gasteiger partial charge in [0, 0.05) is 31.9 Å². The molecular weight excluding hydrogens is 202 g/mol. The zero-order valence-electron chi connectivity index (χ0n) is 9.86. The molecule has 0 spiro atoms. The topological polar surface area (TPSA) is 54.0 Å². The average molecular weight is 221 g/mol. The Morgan fingerprint density at radius 2 is 2.12 bits per heavy atom. The van der Waals surface area contributed by atoms with Crippen LogP contribution in [0.2, 0.25) is 0 Å². The summed E-state index contributed by atoms with van der Waals surface area (Å²) in [4.78, 5) is 15.0. The molecular formula is C12H19N3O. The van der Waals surface area contributed by atoms with Crippen LogP contribution in [0.5, 0.6) is 0 Å². The molecule has 1 heterocycles. The van der Waals surface area contributed by atoms with E-state index in [1.807, 2.05) is 12.1 Å². The van der Waals surface area contributed by atoms with Crippen LogP contribution in [-0.2, 0) is 4.79 Å². The van der Waals surface area contributed by atoms with Gasteiger partial charge in [-0.2, -0.15) is 0 Å². The fourth-order valence-electron chi connectivity index (χ4n) is 1.46. The Kier molecular flexibility index (Phi) is 5.50. The monoisotopic (exact) mass is 221 g/mol. The first-order chi connectivity index (χ1) is 7.74. The number of hydrogen-bond donors (Lipinski definition) is 2. The number of rotatable bonds is 6. The molecule has 0 saturated heterocycles. The van der Waals surface area contributed by atoms with E-state index in [1.54, 1.807) is 19.4 Å². The van der Waals surface area contributed by atoms with Crippen LogP contribution in [0.25, 0.3) is 0 Å². The minimum Gasteiger partial charge on any atom is -0.359 e. The maximum atomic E-state index is 11.0. The maximum Gasteiger partial charge on any atom is 0.219 e. The largest absolute Gasteiger partial charge is 0.359 e. The summed E-state index contributed by atoms with van der Waals surface area (Å²) >= 11 is 0. The van der Waals surface area contributed by atoms with E-state index in [2.05, 4.69) is 22.5 Å². The van der Waals surface area contributed by atoms with Crippen molar-refractivity contribution < 1.29 is 4.79 Å². The average Bonchev–Trinajstić information content (AvgIpc) is 2.35. The van der Waals surface area contributed by atoms with E-state index < -0.39 is 0 Å². The van der Waals surface area contributed by atoms with Crippen molar-refractivity contribution in [1.29, 1.82) is 0 Å². The quantitative estimate of drug-likeness (QED) is 0.711. The SMILES string of the molecule is CNC(=O)CCCN[C@H](C)c1ccncc1. The second kappa shape index (κ2) is 6.95. The third-order valence-corrected chi connectivity index (χ3v) is 2.52. The highest BCUT2D eigenvalue weighted by atomic mass is 16.1. The predicted molar refractivity (Wildman–Crippen MR) is 64.0 cm³/mol. The van der Waals surface area contributed by atoms with Crippen molar-refractivity contribution in [2.24, 2.45) is 0 Å². The van der Waals surface area contributed by atoms with Crippen molar-refractivity contribution in [1.82, 2.24) is 15.6 Å². The molecule has 16 heavy (non-hydrogen) atoms. The van der Waals surface area contributed by atoms with E-state index in [0.29, 0.717) is 12.5 Å². The lowest BCUT2D eigenvalue weighted by Gasteiger charge is -2.13. The Morgan fingerprint density at radius 1 is 1.44 bits per heavy atom. The summed E-state index contributed by atoms with van der Waals surface area (Å²) in [5, 5.41) is 5.98. The second-order valence-electron chi connectivity index (χ2n) is 3.73. The van der Waals surface area contributed by atoms with Gasteiger partial charge in [0.05, 0.1) is 0 Å². The Labute approximate surface area is 96.5 Å². The number of aromatic nitrogens is 1. The van der Waals surface area contributed by atoms with Crippen molar-refractivity contribution in [3.63, 3.8) is 0 Å². The fraction of sp³-hybridized carbons (Fsp3) is 0.500.